The van der Waals surface area contributed by atoms with Gasteiger partial charge in [0, 0.05) is 31.9 Å². The van der Waals surface area contributed by atoms with Gasteiger partial charge in [0.25, 0.3) is 5.91 Å². The highest BCUT2D eigenvalue weighted by molar-refractivity contribution is 5.94. The third-order valence-corrected chi connectivity index (χ3v) is 3.87. The van der Waals surface area contributed by atoms with Crippen LogP contribution < -0.4 is 19.7 Å². The lowest BCUT2D eigenvalue weighted by Gasteiger charge is -2.14. The predicted molar refractivity (Wildman–Crippen MR) is 105 cm³/mol. The molecule has 0 aromatic heterocycles. The van der Waals surface area contributed by atoms with Gasteiger partial charge in [0.05, 0.1) is 13.2 Å². The number of rotatable bonds is 9. The van der Waals surface area contributed by atoms with Crippen LogP contribution in [-0.2, 0) is 6.54 Å². The van der Waals surface area contributed by atoms with Crippen LogP contribution in [-0.4, -0.2) is 33.2 Å². The fourth-order valence-corrected chi connectivity index (χ4v) is 2.45. The van der Waals surface area contributed by atoms with Crippen LogP contribution in [0.2, 0.25) is 0 Å². The van der Waals surface area contributed by atoms with Crippen LogP contribution in [0, 0.1) is 0 Å². The lowest BCUT2D eigenvalue weighted by molar-refractivity contribution is 0.0950. The standard InChI is InChI=1S/C21H28N2O3/c1-5-13-26-19-12-9-17(14-20(19)25-6-2)21(24)22-15-16-7-10-18(11-8-16)23(3)4/h7-12,14H,5-6,13,15H2,1-4H3,(H,22,24). The van der Waals surface area contributed by atoms with Crippen LogP contribution in [0.15, 0.2) is 42.5 Å². The highest BCUT2D eigenvalue weighted by Crippen LogP contribution is 2.28. The summed E-state index contributed by atoms with van der Waals surface area (Å²) in [5, 5.41) is 2.95. The second-order valence-electron chi connectivity index (χ2n) is 6.19. The van der Waals surface area contributed by atoms with E-state index in [0.717, 1.165) is 17.7 Å². The minimum absolute atomic E-state index is 0.135. The van der Waals surface area contributed by atoms with Crippen LogP contribution in [0.3, 0.4) is 0 Å². The van der Waals surface area contributed by atoms with Crippen molar-refractivity contribution in [3.8, 4) is 11.5 Å². The topological polar surface area (TPSA) is 50.8 Å². The smallest absolute Gasteiger partial charge is 0.251 e. The maximum atomic E-state index is 12.5. The molecule has 2 rings (SSSR count). The van der Waals surface area contributed by atoms with Gasteiger partial charge in [-0.15, -0.1) is 0 Å². The molecule has 0 fully saturated rings. The number of nitrogens with one attached hydrogen (secondary N) is 1. The van der Waals surface area contributed by atoms with Crippen LogP contribution in [0.4, 0.5) is 5.69 Å². The Morgan fingerprint density at radius 2 is 1.73 bits per heavy atom. The molecule has 0 aliphatic heterocycles. The third kappa shape index (κ3) is 5.41. The molecule has 0 saturated carbocycles. The fraction of sp³-hybridized carbons (Fsp3) is 0.381. The van der Waals surface area contributed by atoms with Crippen LogP contribution >= 0.6 is 0 Å². The van der Waals surface area contributed by atoms with E-state index < -0.39 is 0 Å². The maximum absolute atomic E-state index is 12.5. The monoisotopic (exact) mass is 356 g/mol. The van der Waals surface area contributed by atoms with Crippen LogP contribution in [0.1, 0.15) is 36.2 Å². The summed E-state index contributed by atoms with van der Waals surface area (Å²) >= 11 is 0. The van der Waals surface area contributed by atoms with Gasteiger partial charge in [0.1, 0.15) is 0 Å². The average Bonchev–Trinajstić information content (AvgIpc) is 2.65. The Bertz CT molecular complexity index is 712. The minimum Gasteiger partial charge on any atom is -0.490 e. The van der Waals surface area contributed by atoms with Gasteiger partial charge in [0.2, 0.25) is 0 Å². The number of hydrogen-bond donors (Lipinski definition) is 1. The van der Waals surface area contributed by atoms with E-state index in [4.69, 9.17) is 9.47 Å². The van der Waals surface area contributed by atoms with Gasteiger partial charge < -0.3 is 19.7 Å². The largest absolute Gasteiger partial charge is 0.490 e. The van der Waals surface area contributed by atoms with Crippen molar-refractivity contribution >= 4 is 11.6 Å². The van der Waals surface area contributed by atoms with Gasteiger partial charge in [-0.25, -0.2) is 0 Å². The van der Waals surface area contributed by atoms with Crippen LogP contribution in [0.5, 0.6) is 11.5 Å². The van der Waals surface area contributed by atoms with Crippen molar-refractivity contribution in [2.45, 2.75) is 26.8 Å². The van der Waals surface area contributed by atoms with Crippen molar-refractivity contribution in [2.75, 3.05) is 32.2 Å². The van der Waals surface area contributed by atoms with Gasteiger partial charge in [0.15, 0.2) is 11.5 Å². The number of hydrogen-bond acceptors (Lipinski definition) is 4. The minimum atomic E-state index is -0.135. The summed E-state index contributed by atoms with van der Waals surface area (Å²) in [5.74, 6) is 1.14. The molecule has 1 amide bonds. The number of amides is 1. The molecule has 0 heterocycles. The Morgan fingerprint density at radius 3 is 2.35 bits per heavy atom. The first kappa shape index (κ1) is 19.6. The number of anilines is 1. The lowest BCUT2D eigenvalue weighted by Crippen LogP contribution is -2.23. The molecule has 0 spiro atoms. The van der Waals surface area contributed by atoms with E-state index in [-0.39, 0.29) is 5.91 Å². The zero-order chi connectivity index (χ0) is 18.9. The molecule has 0 unspecified atom stereocenters. The Balaban J connectivity index is 2.02. The van der Waals surface area contributed by atoms with Crippen molar-refractivity contribution in [3.05, 3.63) is 53.6 Å². The van der Waals surface area contributed by atoms with Gasteiger partial charge in [-0.2, -0.15) is 0 Å². The maximum Gasteiger partial charge on any atom is 0.251 e. The molecule has 0 atom stereocenters. The normalized spacial score (nSPS) is 10.3. The van der Waals surface area contributed by atoms with Gasteiger partial charge in [-0.3, -0.25) is 4.79 Å². The van der Waals surface area contributed by atoms with E-state index in [0.29, 0.717) is 36.8 Å². The Labute approximate surface area is 155 Å². The first-order valence-electron chi connectivity index (χ1n) is 8.99. The lowest BCUT2D eigenvalue weighted by atomic mass is 10.1. The molecule has 2 aromatic carbocycles. The molecule has 0 radical (unpaired) electrons. The SMILES string of the molecule is CCCOc1ccc(C(=O)NCc2ccc(N(C)C)cc2)cc1OCC. The summed E-state index contributed by atoms with van der Waals surface area (Å²) < 4.78 is 11.3. The van der Waals surface area contributed by atoms with E-state index in [1.165, 1.54) is 0 Å². The second kappa shape index (κ2) is 9.70. The number of ether oxygens (including phenoxy) is 2. The number of carbonyl (C=O) groups is 1. The molecule has 0 bridgehead atoms. The summed E-state index contributed by atoms with van der Waals surface area (Å²) in [6.45, 7) is 5.58. The molecule has 26 heavy (non-hydrogen) atoms. The number of nitrogens with zero attached hydrogens (tertiary/aromatic N) is 1. The van der Waals surface area contributed by atoms with Gasteiger partial charge >= 0.3 is 0 Å². The molecule has 2 aromatic rings. The first-order valence-corrected chi connectivity index (χ1v) is 8.99. The predicted octanol–water partition coefficient (Wildman–Crippen LogP) is 3.87. The Kier molecular flexibility index (Phi) is 7.33. The molecule has 0 aliphatic rings. The summed E-state index contributed by atoms with van der Waals surface area (Å²) in [6, 6.07) is 13.4. The van der Waals surface area contributed by atoms with E-state index in [2.05, 4.69) is 5.32 Å². The van der Waals surface area contributed by atoms with Crippen molar-refractivity contribution in [1.29, 1.82) is 0 Å². The number of carbonyl (C=O) groups excluding carboxylic acids is 1. The zero-order valence-corrected chi connectivity index (χ0v) is 16.0. The molecule has 140 valence electrons. The Hall–Kier alpha value is -2.69. The average molecular weight is 356 g/mol. The molecular weight excluding hydrogens is 328 g/mol. The highest BCUT2D eigenvalue weighted by Gasteiger charge is 2.11. The molecular formula is C21H28N2O3. The third-order valence-electron chi connectivity index (χ3n) is 3.87. The molecule has 0 aliphatic carbocycles. The summed E-state index contributed by atoms with van der Waals surface area (Å²) in [6.07, 6.45) is 0.917. The zero-order valence-electron chi connectivity index (χ0n) is 16.0. The molecule has 1 N–H and O–H groups in total. The Morgan fingerprint density at radius 1 is 1.00 bits per heavy atom. The van der Waals surface area contributed by atoms with E-state index >= 15 is 0 Å². The second-order valence-corrected chi connectivity index (χ2v) is 6.19. The fourth-order valence-electron chi connectivity index (χ4n) is 2.45. The molecule has 5 heteroatoms. The van der Waals surface area contributed by atoms with E-state index in [1.807, 2.05) is 57.1 Å². The number of benzene rings is 2. The van der Waals surface area contributed by atoms with Crippen LogP contribution in [0.25, 0.3) is 0 Å². The van der Waals surface area contributed by atoms with Crippen molar-refractivity contribution in [2.24, 2.45) is 0 Å². The molecule has 0 saturated heterocycles. The summed E-state index contributed by atoms with van der Waals surface area (Å²) in [5.41, 5.74) is 2.74. The highest BCUT2D eigenvalue weighted by atomic mass is 16.5. The summed E-state index contributed by atoms with van der Waals surface area (Å²) in [7, 11) is 4.00. The molecule has 5 nitrogen and oxygen atoms in total. The van der Waals surface area contributed by atoms with Crippen molar-refractivity contribution in [1.82, 2.24) is 5.32 Å². The first-order chi connectivity index (χ1) is 12.5. The van der Waals surface area contributed by atoms with Gasteiger partial charge in [-0.1, -0.05) is 19.1 Å². The summed E-state index contributed by atoms with van der Waals surface area (Å²) in [4.78, 5) is 14.5. The van der Waals surface area contributed by atoms with E-state index in [1.54, 1.807) is 18.2 Å². The van der Waals surface area contributed by atoms with Crippen molar-refractivity contribution in [3.63, 3.8) is 0 Å². The van der Waals surface area contributed by atoms with E-state index in [9.17, 15) is 4.79 Å². The van der Waals surface area contributed by atoms with Crippen molar-refractivity contribution < 1.29 is 14.3 Å². The quantitative estimate of drug-likeness (QED) is 0.741. The van der Waals surface area contributed by atoms with Gasteiger partial charge in [-0.05, 0) is 49.2 Å².